The molecule has 0 unspecified atom stereocenters. The van der Waals surface area contributed by atoms with Gasteiger partial charge in [-0.3, -0.25) is 19.3 Å². The summed E-state index contributed by atoms with van der Waals surface area (Å²) in [5.41, 5.74) is 1.33. The third-order valence-electron chi connectivity index (χ3n) is 3.16. The summed E-state index contributed by atoms with van der Waals surface area (Å²) in [4.78, 5) is 23.6. The highest BCUT2D eigenvalue weighted by atomic mass is 35.5. The molecular formula is C15H14ClN7O2S. The number of hydrogen-bond acceptors (Lipinski definition) is 6. The molecule has 134 valence electrons. The van der Waals surface area contributed by atoms with Crippen LogP contribution in [0, 0.1) is 0 Å². The van der Waals surface area contributed by atoms with E-state index in [-0.39, 0.29) is 24.1 Å². The third kappa shape index (κ3) is 4.83. The monoisotopic (exact) mass is 391 g/mol. The van der Waals surface area contributed by atoms with Gasteiger partial charge in [-0.25, -0.2) is 0 Å². The standard InChI is InChI=1S/C15H14ClN7O2S/c16-10-2-1-3-12(4-10)23-9-20-22-15(23)26-8-14(25)17-7-13(24)21-11-5-18-19-6-11/h1-6,9H,7-8H2,(H,17,25)(H,18,19)(H,21,24). The summed E-state index contributed by atoms with van der Waals surface area (Å²) >= 11 is 7.20. The van der Waals surface area contributed by atoms with Gasteiger partial charge in [-0.15, -0.1) is 10.2 Å². The van der Waals surface area contributed by atoms with E-state index in [9.17, 15) is 9.59 Å². The second kappa shape index (κ2) is 8.50. The van der Waals surface area contributed by atoms with Crippen molar-refractivity contribution in [3.05, 3.63) is 48.0 Å². The van der Waals surface area contributed by atoms with Crippen LogP contribution in [-0.2, 0) is 9.59 Å². The fourth-order valence-electron chi connectivity index (χ4n) is 2.01. The number of H-pyrrole nitrogens is 1. The number of hydrogen-bond donors (Lipinski definition) is 3. The van der Waals surface area contributed by atoms with Crippen LogP contribution in [0.25, 0.3) is 5.69 Å². The molecule has 3 rings (SSSR count). The molecule has 2 aromatic heterocycles. The molecular weight excluding hydrogens is 378 g/mol. The molecule has 1 aromatic carbocycles. The lowest BCUT2D eigenvalue weighted by Gasteiger charge is -2.07. The van der Waals surface area contributed by atoms with Gasteiger partial charge in [0.25, 0.3) is 0 Å². The zero-order valence-corrected chi connectivity index (χ0v) is 14.9. The maximum atomic E-state index is 11.9. The van der Waals surface area contributed by atoms with Crippen molar-refractivity contribution in [3.8, 4) is 5.69 Å². The summed E-state index contributed by atoms with van der Waals surface area (Å²) in [6.45, 7) is -0.133. The topological polar surface area (TPSA) is 118 Å². The van der Waals surface area contributed by atoms with Gasteiger partial charge in [-0.05, 0) is 18.2 Å². The first-order valence-corrected chi connectivity index (χ1v) is 8.82. The summed E-state index contributed by atoms with van der Waals surface area (Å²) in [7, 11) is 0. The predicted octanol–water partition coefficient (Wildman–Crippen LogP) is 1.49. The Morgan fingerprint density at radius 1 is 1.31 bits per heavy atom. The molecule has 3 aromatic rings. The van der Waals surface area contributed by atoms with Crippen LogP contribution < -0.4 is 10.6 Å². The minimum Gasteiger partial charge on any atom is -0.346 e. The van der Waals surface area contributed by atoms with Gasteiger partial charge in [0.2, 0.25) is 11.8 Å². The third-order valence-corrected chi connectivity index (χ3v) is 4.34. The van der Waals surface area contributed by atoms with Crippen LogP contribution in [0.3, 0.4) is 0 Å². The first-order chi connectivity index (χ1) is 12.6. The molecule has 9 nitrogen and oxygen atoms in total. The van der Waals surface area contributed by atoms with Gasteiger partial charge in [0.1, 0.15) is 6.33 Å². The van der Waals surface area contributed by atoms with Crippen LogP contribution in [0.4, 0.5) is 5.69 Å². The van der Waals surface area contributed by atoms with Crippen molar-refractivity contribution in [3.63, 3.8) is 0 Å². The van der Waals surface area contributed by atoms with Crippen LogP contribution in [0.1, 0.15) is 0 Å². The van der Waals surface area contributed by atoms with Crippen LogP contribution >= 0.6 is 23.4 Å². The fourth-order valence-corrected chi connectivity index (χ4v) is 2.95. The minimum atomic E-state index is -0.341. The molecule has 0 aliphatic carbocycles. The Labute approximate surface area is 157 Å². The Balaban J connectivity index is 1.49. The highest BCUT2D eigenvalue weighted by Gasteiger charge is 2.11. The average molecular weight is 392 g/mol. The van der Waals surface area contributed by atoms with Crippen molar-refractivity contribution in [1.29, 1.82) is 0 Å². The number of carbonyl (C=O) groups excluding carboxylic acids is 2. The molecule has 3 N–H and O–H groups in total. The molecule has 0 spiro atoms. The first kappa shape index (κ1) is 18.0. The zero-order valence-electron chi connectivity index (χ0n) is 13.3. The first-order valence-electron chi connectivity index (χ1n) is 7.46. The van der Waals surface area contributed by atoms with E-state index in [2.05, 4.69) is 31.0 Å². The molecule has 0 aliphatic rings. The van der Waals surface area contributed by atoms with Crippen LogP contribution in [0.15, 0.2) is 48.1 Å². The number of carbonyl (C=O) groups is 2. The summed E-state index contributed by atoms with van der Waals surface area (Å²) < 4.78 is 1.73. The molecule has 0 saturated carbocycles. The highest BCUT2D eigenvalue weighted by molar-refractivity contribution is 7.99. The lowest BCUT2D eigenvalue weighted by atomic mass is 10.3. The Hall–Kier alpha value is -2.85. The molecule has 0 radical (unpaired) electrons. The number of anilines is 1. The SMILES string of the molecule is O=C(CSc1nncn1-c1cccc(Cl)c1)NCC(=O)Nc1cn[nH]c1. The summed E-state index contributed by atoms with van der Waals surface area (Å²) in [5.74, 6) is -0.539. The molecule has 0 aliphatic heterocycles. The van der Waals surface area contributed by atoms with Gasteiger partial charge >= 0.3 is 0 Å². The van der Waals surface area contributed by atoms with Gasteiger partial charge in [-0.2, -0.15) is 5.10 Å². The second-order valence-electron chi connectivity index (χ2n) is 5.06. The summed E-state index contributed by atoms with van der Waals surface area (Å²) in [6, 6.07) is 7.22. The van der Waals surface area contributed by atoms with Crippen molar-refractivity contribution in [2.24, 2.45) is 0 Å². The second-order valence-corrected chi connectivity index (χ2v) is 6.44. The number of nitrogens with zero attached hydrogens (tertiary/aromatic N) is 4. The van der Waals surface area contributed by atoms with E-state index >= 15 is 0 Å². The number of amides is 2. The smallest absolute Gasteiger partial charge is 0.243 e. The molecule has 0 saturated heterocycles. The van der Waals surface area contributed by atoms with Crippen LogP contribution in [0.2, 0.25) is 5.02 Å². The van der Waals surface area contributed by atoms with E-state index in [1.165, 1.54) is 24.2 Å². The summed E-state index contributed by atoms with van der Waals surface area (Å²) in [6.07, 6.45) is 4.56. The number of aromatic amines is 1. The van der Waals surface area contributed by atoms with Crippen LogP contribution in [-0.4, -0.2) is 49.1 Å². The van der Waals surface area contributed by atoms with E-state index in [4.69, 9.17) is 11.6 Å². The quantitative estimate of drug-likeness (QED) is 0.525. The largest absolute Gasteiger partial charge is 0.346 e. The van der Waals surface area contributed by atoms with E-state index in [0.717, 1.165) is 5.69 Å². The molecule has 0 fully saturated rings. The number of halogens is 1. The fraction of sp³-hybridized carbons (Fsp3) is 0.133. The van der Waals surface area contributed by atoms with Crippen molar-refractivity contribution in [1.82, 2.24) is 30.3 Å². The van der Waals surface area contributed by atoms with Gasteiger partial charge in [0, 0.05) is 11.2 Å². The zero-order chi connectivity index (χ0) is 18.4. The molecule has 2 heterocycles. The Morgan fingerprint density at radius 3 is 2.96 bits per heavy atom. The minimum absolute atomic E-state index is 0.0955. The molecule has 11 heteroatoms. The van der Waals surface area contributed by atoms with Crippen molar-refractivity contribution in [2.75, 3.05) is 17.6 Å². The number of nitrogens with one attached hydrogen (secondary N) is 3. The van der Waals surface area contributed by atoms with Crippen molar-refractivity contribution >= 4 is 40.9 Å². The average Bonchev–Trinajstić information content (AvgIpc) is 3.29. The van der Waals surface area contributed by atoms with Gasteiger partial charge < -0.3 is 10.6 Å². The van der Waals surface area contributed by atoms with Crippen molar-refractivity contribution < 1.29 is 9.59 Å². The number of benzene rings is 1. The normalized spacial score (nSPS) is 10.5. The Morgan fingerprint density at radius 2 is 2.19 bits per heavy atom. The molecule has 0 atom stereocenters. The molecule has 26 heavy (non-hydrogen) atoms. The van der Waals surface area contributed by atoms with E-state index in [1.54, 1.807) is 23.0 Å². The molecule has 0 bridgehead atoms. The maximum absolute atomic E-state index is 11.9. The van der Waals surface area contributed by atoms with Gasteiger partial charge in [0.15, 0.2) is 5.16 Å². The van der Waals surface area contributed by atoms with Gasteiger partial charge in [-0.1, -0.05) is 29.4 Å². The van der Waals surface area contributed by atoms with E-state index in [0.29, 0.717) is 15.9 Å². The predicted molar refractivity (Wildman–Crippen MR) is 97.3 cm³/mol. The van der Waals surface area contributed by atoms with Crippen LogP contribution in [0.5, 0.6) is 0 Å². The summed E-state index contributed by atoms with van der Waals surface area (Å²) in [5, 5.41) is 20.4. The van der Waals surface area contributed by atoms with Gasteiger partial charge in [0.05, 0.1) is 29.9 Å². The van der Waals surface area contributed by atoms with E-state index in [1.807, 2.05) is 12.1 Å². The Kier molecular flexibility index (Phi) is 5.87. The maximum Gasteiger partial charge on any atom is 0.243 e. The lowest BCUT2D eigenvalue weighted by molar-refractivity contribution is -0.122. The Bertz CT molecular complexity index is 897. The number of rotatable bonds is 7. The molecule has 2 amide bonds. The number of thioether (sulfide) groups is 1. The van der Waals surface area contributed by atoms with Crippen molar-refractivity contribution in [2.45, 2.75) is 5.16 Å². The number of aromatic nitrogens is 5. The lowest BCUT2D eigenvalue weighted by Crippen LogP contribution is -2.33. The van der Waals surface area contributed by atoms with E-state index < -0.39 is 0 Å². The highest BCUT2D eigenvalue weighted by Crippen LogP contribution is 2.21.